The van der Waals surface area contributed by atoms with Gasteiger partial charge in [0.15, 0.2) is 0 Å². The lowest BCUT2D eigenvalue weighted by atomic mass is 10.2. The first kappa shape index (κ1) is 22.6. The minimum atomic E-state index is -0.810. The highest BCUT2D eigenvalue weighted by atomic mass is 19.1. The summed E-state index contributed by atoms with van der Waals surface area (Å²) < 4.78 is 20.4. The van der Waals surface area contributed by atoms with Gasteiger partial charge in [0.05, 0.1) is 56.1 Å². The summed E-state index contributed by atoms with van der Waals surface area (Å²) in [5, 5.41) is 4.39. The number of ether oxygens (including phenoxy) is 1. The molecule has 9 nitrogen and oxygen atoms in total. The largest absolute Gasteiger partial charge is 0.497 e. The molecule has 0 aliphatic carbocycles. The van der Waals surface area contributed by atoms with Gasteiger partial charge in [0.25, 0.3) is 5.91 Å². The lowest BCUT2D eigenvalue weighted by molar-refractivity contribution is -0.114. The molecule has 1 aromatic carbocycles. The maximum atomic E-state index is 13.4. The first-order valence-electron chi connectivity index (χ1n) is 11.3. The molecule has 0 radical (unpaired) electrons. The number of alkyl halides is 1. The van der Waals surface area contributed by atoms with Crippen molar-refractivity contribution in [3.63, 3.8) is 0 Å². The van der Waals surface area contributed by atoms with E-state index in [2.05, 4.69) is 15.1 Å². The number of amides is 1. The van der Waals surface area contributed by atoms with E-state index < -0.39 is 6.17 Å². The molecule has 0 bridgehead atoms. The fourth-order valence-corrected chi connectivity index (χ4v) is 4.16. The average Bonchev–Trinajstić information content (AvgIpc) is 3.58. The number of rotatable bonds is 7. The van der Waals surface area contributed by atoms with E-state index in [0.29, 0.717) is 48.7 Å². The number of carbonyl (C=O) groups is 1. The molecule has 1 atom stereocenters. The van der Waals surface area contributed by atoms with Gasteiger partial charge in [-0.05, 0) is 36.2 Å². The van der Waals surface area contributed by atoms with Gasteiger partial charge in [0.1, 0.15) is 17.7 Å². The first-order valence-corrected chi connectivity index (χ1v) is 11.3. The van der Waals surface area contributed by atoms with Crippen LogP contribution in [0.15, 0.2) is 71.3 Å². The topological polar surface area (TPSA) is 102 Å². The molecule has 1 amide bonds. The van der Waals surface area contributed by atoms with Crippen LogP contribution in [0, 0.1) is 0 Å². The molecule has 10 heteroatoms. The van der Waals surface area contributed by atoms with E-state index in [1.165, 1.54) is 6.21 Å². The zero-order chi connectivity index (χ0) is 24.4. The van der Waals surface area contributed by atoms with Crippen molar-refractivity contribution < 1.29 is 13.9 Å². The molecular weight excluding hydrogens is 449 g/mol. The van der Waals surface area contributed by atoms with Crippen LogP contribution in [0.1, 0.15) is 12.0 Å². The Labute approximate surface area is 202 Å². The maximum Gasteiger partial charge on any atom is 0.262 e. The lowest BCUT2D eigenvalue weighted by Crippen LogP contribution is -2.27. The summed E-state index contributed by atoms with van der Waals surface area (Å²) in [7, 11) is 1.63. The standard InChI is InChI=1S/C25H26FN7O2/c1-35-21-5-2-17(3-6-21)13-32-15-20(11-30-32)33-16-23(27)22(25(33)34)12-28-19-4-7-24(29-10-19)31-9-8-18(26)14-31/h2-7,10-12,15,18H,8-9,13-14,16,27H2,1H3/t18-/m0/s1. The zero-order valence-corrected chi connectivity index (χ0v) is 19.3. The number of aliphatic imine (C=N–C) groups is 1. The minimum Gasteiger partial charge on any atom is -0.497 e. The van der Waals surface area contributed by atoms with Gasteiger partial charge in [-0.25, -0.2) is 9.37 Å². The van der Waals surface area contributed by atoms with Gasteiger partial charge in [0, 0.05) is 24.7 Å². The average molecular weight is 476 g/mol. The van der Waals surface area contributed by atoms with E-state index in [1.807, 2.05) is 41.4 Å². The number of halogens is 1. The molecule has 0 unspecified atom stereocenters. The van der Waals surface area contributed by atoms with Crippen molar-refractivity contribution in [2.24, 2.45) is 10.7 Å². The van der Waals surface area contributed by atoms with Gasteiger partial charge in [-0.1, -0.05) is 12.1 Å². The first-order chi connectivity index (χ1) is 17.0. The molecule has 5 rings (SSSR count). The van der Waals surface area contributed by atoms with Crippen molar-refractivity contribution in [1.82, 2.24) is 14.8 Å². The van der Waals surface area contributed by atoms with Gasteiger partial charge in [-0.15, -0.1) is 0 Å². The van der Waals surface area contributed by atoms with Crippen LogP contribution in [0.5, 0.6) is 5.75 Å². The summed E-state index contributed by atoms with van der Waals surface area (Å²) in [6.07, 6.45) is 6.26. The summed E-state index contributed by atoms with van der Waals surface area (Å²) in [6.45, 7) is 1.85. The fourth-order valence-electron chi connectivity index (χ4n) is 4.16. The van der Waals surface area contributed by atoms with E-state index in [-0.39, 0.29) is 12.5 Å². The molecule has 180 valence electrons. The molecule has 2 aromatic heterocycles. The molecule has 2 aliphatic rings. The molecule has 0 spiro atoms. The van der Waals surface area contributed by atoms with Crippen molar-refractivity contribution >= 4 is 29.3 Å². The lowest BCUT2D eigenvalue weighted by Gasteiger charge is -2.15. The van der Waals surface area contributed by atoms with E-state index in [0.717, 1.165) is 17.1 Å². The van der Waals surface area contributed by atoms with Crippen LogP contribution in [0.25, 0.3) is 0 Å². The highest BCUT2D eigenvalue weighted by Crippen LogP contribution is 2.25. The Hall–Kier alpha value is -4.21. The number of methoxy groups -OCH3 is 1. The summed E-state index contributed by atoms with van der Waals surface area (Å²) >= 11 is 0. The number of hydrogen-bond donors (Lipinski definition) is 1. The smallest absolute Gasteiger partial charge is 0.262 e. The summed E-state index contributed by atoms with van der Waals surface area (Å²) in [4.78, 5) is 25.3. The number of carbonyl (C=O) groups excluding carboxylic acids is 1. The zero-order valence-electron chi connectivity index (χ0n) is 19.3. The third kappa shape index (κ3) is 4.86. The molecule has 2 N–H and O–H groups in total. The van der Waals surface area contributed by atoms with E-state index in [1.54, 1.807) is 35.2 Å². The second-order valence-corrected chi connectivity index (χ2v) is 8.54. The van der Waals surface area contributed by atoms with Gasteiger partial charge >= 0.3 is 0 Å². The maximum absolute atomic E-state index is 13.4. The number of aromatic nitrogens is 3. The van der Waals surface area contributed by atoms with Crippen molar-refractivity contribution in [3.8, 4) is 5.75 Å². The Morgan fingerprint density at radius 2 is 2.06 bits per heavy atom. The van der Waals surface area contributed by atoms with Gasteiger partial charge in [-0.3, -0.25) is 19.4 Å². The van der Waals surface area contributed by atoms with Crippen LogP contribution in [0.2, 0.25) is 0 Å². The van der Waals surface area contributed by atoms with E-state index in [4.69, 9.17) is 10.5 Å². The van der Waals surface area contributed by atoms with Crippen LogP contribution in [-0.4, -0.2) is 59.8 Å². The van der Waals surface area contributed by atoms with Gasteiger partial charge < -0.3 is 15.4 Å². The predicted octanol–water partition coefficient (Wildman–Crippen LogP) is 2.85. The van der Waals surface area contributed by atoms with Crippen LogP contribution >= 0.6 is 0 Å². The Morgan fingerprint density at radius 3 is 2.74 bits per heavy atom. The molecule has 35 heavy (non-hydrogen) atoms. The quantitative estimate of drug-likeness (QED) is 0.528. The van der Waals surface area contributed by atoms with Gasteiger partial charge in [-0.2, -0.15) is 5.10 Å². The molecule has 1 fully saturated rings. The van der Waals surface area contributed by atoms with E-state index >= 15 is 0 Å². The second-order valence-electron chi connectivity index (χ2n) is 8.54. The highest BCUT2D eigenvalue weighted by molar-refractivity contribution is 6.22. The van der Waals surface area contributed by atoms with Crippen LogP contribution in [-0.2, 0) is 11.3 Å². The third-order valence-corrected chi connectivity index (χ3v) is 6.11. The van der Waals surface area contributed by atoms with Crippen LogP contribution in [0.4, 0.5) is 21.6 Å². The Kier molecular flexibility index (Phi) is 6.17. The normalized spacial score (nSPS) is 18.3. The number of hydrogen-bond acceptors (Lipinski definition) is 7. The molecule has 2 aliphatic heterocycles. The molecule has 0 saturated carbocycles. The number of nitrogens with two attached hydrogens (primary N) is 1. The molecule has 1 saturated heterocycles. The SMILES string of the molecule is COc1ccc(Cn2cc(N3CC(N)=C(C=Nc4ccc(N5CC[C@H](F)C5)nc4)C3=O)cn2)cc1. The molecule has 4 heterocycles. The van der Waals surface area contributed by atoms with Gasteiger partial charge in [0.2, 0.25) is 0 Å². The summed E-state index contributed by atoms with van der Waals surface area (Å²) in [6, 6.07) is 11.3. The van der Waals surface area contributed by atoms with Crippen molar-refractivity contribution in [3.05, 3.63) is 71.8 Å². The van der Waals surface area contributed by atoms with Crippen molar-refractivity contribution in [2.75, 3.05) is 36.5 Å². The monoisotopic (exact) mass is 475 g/mol. The third-order valence-electron chi connectivity index (χ3n) is 6.11. The molecular formula is C25H26FN7O2. The Morgan fingerprint density at radius 1 is 1.23 bits per heavy atom. The number of pyridine rings is 1. The summed E-state index contributed by atoms with van der Waals surface area (Å²) in [5.74, 6) is 1.28. The number of anilines is 2. The number of nitrogens with zero attached hydrogens (tertiary/aromatic N) is 6. The van der Waals surface area contributed by atoms with Crippen LogP contribution < -0.4 is 20.3 Å². The van der Waals surface area contributed by atoms with E-state index in [9.17, 15) is 9.18 Å². The Bertz CT molecular complexity index is 1270. The van der Waals surface area contributed by atoms with Crippen molar-refractivity contribution in [2.45, 2.75) is 19.1 Å². The number of benzene rings is 1. The molecule has 3 aromatic rings. The minimum absolute atomic E-state index is 0.231. The van der Waals surface area contributed by atoms with Crippen molar-refractivity contribution in [1.29, 1.82) is 0 Å². The fraction of sp³-hybridized carbons (Fsp3) is 0.280. The second kappa shape index (κ2) is 9.57. The Balaban J connectivity index is 1.23. The summed E-state index contributed by atoms with van der Waals surface area (Å²) in [5.41, 5.74) is 9.27. The highest BCUT2D eigenvalue weighted by Gasteiger charge is 2.30. The van der Waals surface area contributed by atoms with Crippen LogP contribution in [0.3, 0.4) is 0 Å². The predicted molar refractivity (Wildman–Crippen MR) is 132 cm³/mol.